The van der Waals surface area contributed by atoms with Crippen LogP contribution < -0.4 is 5.73 Å². The fraction of sp³-hybridized carbons (Fsp3) is 0.917. The predicted molar refractivity (Wildman–Crippen MR) is 59.8 cm³/mol. The lowest BCUT2D eigenvalue weighted by Gasteiger charge is -2.51. The lowest BCUT2D eigenvalue weighted by atomic mass is 9.56. The molecule has 2 bridgehead atoms. The van der Waals surface area contributed by atoms with Gasteiger partial charge in [-0.05, 0) is 49.4 Å². The third kappa shape index (κ3) is 1.96. The van der Waals surface area contributed by atoms with Crippen LogP contribution in [0.4, 0.5) is 0 Å². The van der Waals surface area contributed by atoms with Crippen LogP contribution in [0.3, 0.4) is 0 Å². The van der Waals surface area contributed by atoms with Crippen molar-refractivity contribution in [3.63, 3.8) is 0 Å². The highest BCUT2D eigenvalue weighted by molar-refractivity contribution is 5.74. The maximum atomic E-state index is 11.1. The standard InChI is InChI=1S/C12H21NO3/c1-7-2-8-3-9(14)6-12(4-7,5-8)10(13)11(15)16/h7-10,14H,2-6,13H2,1H3,(H,15,16)/t7?,8?,9?,10-,12?/m1/s1. The quantitative estimate of drug-likeness (QED) is 0.656. The smallest absolute Gasteiger partial charge is 0.321 e. The van der Waals surface area contributed by atoms with Crippen molar-refractivity contribution in [2.75, 3.05) is 0 Å². The molecule has 0 aromatic carbocycles. The molecule has 2 aliphatic rings. The maximum absolute atomic E-state index is 11.1. The third-order valence-electron chi connectivity index (χ3n) is 4.36. The lowest BCUT2D eigenvalue weighted by molar-refractivity contribution is -0.146. The Morgan fingerprint density at radius 3 is 2.69 bits per heavy atom. The van der Waals surface area contributed by atoms with E-state index >= 15 is 0 Å². The van der Waals surface area contributed by atoms with Crippen molar-refractivity contribution in [1.82, 2.24) is 0 Å². The zero-order valence-electron chi connectivity index (χ0n) is 9.72. The number of hydrogen-bond donors (Lipinski definition) is 3. The summed E-state index contributed by atoms with van der Waals surface area (Å²) in [6.07, 6.45) is 3.83. The normalized spacial score (nSPS) is 45.1. The maximum Gasteiger partial charge on any atom is 0.321 e. The molecule has 0 radical (unpaired) electrons. The monoisotopic (exact) mass is 227 g/mol. The summed E-state index contributed by atoms with van der Waals surface area (Å²) in [5, 5.41) is 19.0. The minimum Gasteiger partial charge on any atom is -0.480 e. The molecule has 0 spiro atoms. The van der Waals surface area contributed by atoms with Gasteiger partial charge in [0.25, 0.3) is 0 Å². The molecule has 16 heavy (non-hydrogen) atoms. The molecule has 2 aliphatic carbocycles. The lowest BCUT2D eigenvalue weighted by Crippen LogP contribution is -2.55. The van der Waals surface area contributed by atoms with Crippen LogP contribution in [0.15, 0.2) is 0 Å². The van der Waals surface area contributed by atoms with Crippen LogP contribution in [-0.2, 0) is 4.79 Å². The van der Waals surface area contributed by atoms with E-state index in [0.29, 0.717) is 18.3 Å². The molecule has 0 aliphatic heterocycles. The van der Waals surface area contributed by atoms with E-state index in [9.17, 15) is 9.90 Å². The van der Waals surface area contributed by atoms with E-state index in [4.69, 9.17) is 10.8 Å². The summed E-state index contributed by atoms with van der Waals surface area (Å²) >= 11 is 0. The second-order valence-electron chi connectivity index (χ2n) is 5.89. The zero-order valence-corrected chi connectivity index (χ0v) is 9.72. The summed E-state index contributed by atoms with van der Waals surface area (Å²) in [6.45, 7) is 2.16. The summed E-state index contributed by atoms with van der Waals surface area (Å²) in [5.41, 5.74) is 5.48. The van der Waals surface area contributed by atoms with Gasteiger partial charge < -0.3 is 15.9 Å². The van der Waals surface area contributed by atoms with Crippen LogP contribution >= 0.6 is 0 Å². The Bertz CT molecular complexity index is 272. The molecule has 2 fully saturated rings. The molecule has 4 unspecified atom stereocenters. The largest absolute Gasteiger partial charge is 0.480 e. The van der Waals surface area contributed by atoms with E-state index in [1.165, 1.54) is 0 Å². The molecule has 2 saturated carbocycles. The van der Waals surface area contributed by atoms with Crippen molar-refractivity contribution < 1.29 is 15.0 Å². The number of aliphatic carboxylic acids is 1. The van der Waals surface area contributed by atoms with Gasteiger partial charge in [0.15, 0.2) is 0 Å². The molecular formula is C12H21NO3. The fourth-order valence-electron chi connectivity index (χ4n) is 4.01. The van der Waals surface area contributed by atoms with Crippen LogP contribution in [0, 0.1) is 17.3 Å². The van der Waals surface area contributed by atoms with Gasteiger partial charge in [-0.1, -0.05) is 6.92 Å². The van der Waals surface area contributed by atoms with Crippen molar-refractivity contribution in [3.8, 4) is 0 Å². The molecular weight excluding hydrogens is 206 g/mol. The Balaban J connectivity index is 2.24. The number of carboxylic acid groups (broad SMARTS) is 1. The summed E-state index contributed by atoms with van der Waals surface area (Å²) in [4.78, 5) is 11.1. The first kappa shape index (κ1) is 11.9. The predicted octanol–water partition coefficient (Wildman–Crippen LogP) is 0.976. The molecule has 4 heteroatoms. The SMILES string of the molecule is CC1CC2CC(O)CC([C@H](N)C(=O)O)(C1)C2. The molecule has 0 aromatic heterocycles. The van der Waals surface area contributed by atoms with Gasteiger partial charge in [-0.15, -0.1) is 0 Å². The van der Waals surface area contributed by atoms with E-state index in [-0.39, 0.29) is 11.5 Å². The molecule has 0 heterocycles. The van der Waals surface area contributed by atoms with E-state index in [1.807, 2.05) is 0 Å². The second kappa shape index (κ2) is 4.00. The summed E-state index contributed by atoms with van der Waals surface area (Å²) in [7, 11) is 0. The fourth-order valence-corrected chi connectivity index (χ4v) is 4.01. The Morgan fingerprint density at radius 1 is 1.38 bits per heavy atom. The van der Waals surface area contributed by atoms with E-state index in [1.54, 1.807) is 0 Å². The number of carboxylic acids is 1. The molecule has 0 saturated heterocycles. The van der Waals surface area contributed by atoms with Crippen molar-refractivity contribution >= 4 is 5.97 Å². The van der Waals surface area contributed by atoms with Crippen LogP contribution in [0.1, 0.15) is 39.0 Å². The highest BCUT2D eigenvalue weighted by atomic mass is 16.4. The molecule has 92 valence electrons. The second-order valence-corrected chi connectivity index (χ2v) is 5.89. The van der Waals surface area contributed by atoms with Gasteiger partial charge in [0, 0.05) is 0 Å². The van der Waals surface area contributed by atoms with Gasteiger partial charge in [-0.25, -0.2) is 0 Å². The van der Waals surface area contributed by atoms with E-state index < -0.39 is 12.0 Å². The average Bonchev–Trinajstić information content (AvgIpc) is 2.13. The Kier molecular flexibility index (Phi) is 2.97. The third-order valence-corrected chi connectivity index (χ3v) is 4.36. The summed E-state index contributed by atoms with van der Waals surface area (Å²) in [6, 6.07) is -0.826. The molecule has 0 aromatic rings. The highest BCUT2D eigenvalue weighted by Gasteiger charge is 2.50. The number of nitrogens with two attached hydrogens (primary N) is 1. The number of aliphatic hydroxyl groups excluding tert-OH is 1. The minimum absolute atomic E-state index is 0.364. The van der Waals surface area contributed by atoms with Crippen LogP contribution in [-0.4, -0.2) is 28.3 Å². The number of hydrogen-bond acceptors (Lipinski definition) is 3. The molecule has 5 atom stereocenters. The van der Waals surface area contributed by atoms with Crippen LogP contribution in [0.5, 0.6) is 0 Å². The van der Waals surface area contributed by atoms with Gasteiger partial charge in [0.05, 0.1) is 6.10 Å². The Labute approximate surface area is 95.8 Å². The topological polar surface area (TPSA) is 83.5 Å². The van der Waals surface area contributed by atoms with Gasteiger partial charge >= 0.3 is 5.97 Å². The Hall–Kier alpha value is -0.610. The molecule has 0 amide bonds. The summed E-state index contributed by atoms with van der Waals surface area (Å²) in [5.74, 6) is 0.0523. The number of fused-ring (bicyclic) bond motifs is 2. The number of aliphatic hydroxyl groups is 1. The first-order valence-corrected chi connectivity index (χ1v) is 6.09. The van der Waals surface area contributed by atoms with Crippen LogP contribution in [0.25, 0.3) is 0 Å². The summed E-state index contributed by atoms with van der Waals surface area (Å²) < 4.78 is 0. The van der Waals surface area contributed by atoms with Gasteiger partial charge in [0.1, 0.15) is 6.04 Å². The van der Waals surface area contributed by atoms with Gasteiger partial charge in [-0.3, -0.25) is 4.79 Å². The zero-order chi connectivity index (χ0) is 11.9. The van der Waals surface area contributed by atoms with Crippen LogP contribution in [0.2, 0.25) is 0 Å². The molecule has 4 N–H and O–H groups in total. The van der Waals surface area contributed by atoms with E-state index in [2.05, 4.69) is 6.92 Å². The number of rotatable bonds is 2. The highest BCUT2D eigenvalue weighted by Crippen LogP contribution is 2.52. The van der Waals surface area contributed by atoms with Crippen molar-refractivity contribution in [2.45, 2.75) is 51.2 Å². The van der Waals surface area contributed by atoms with Gasteiger partial charge in [0.2, 0.25) is 0 Å². The first-order valence-electron chi connectivity index (χ1n) is 6.09. The molecule has 4 nitrogen and oxygen atoms in total. The van der Waals surface area contributed by atoms with Crippen molar-refractivity contribution in [1.29, 1.82) is 0 Å². The first-order chi connectivity index (χ1) is 7.43. The van der Waals surface area contributed by atoms with Crippen molar-refractivity contribution in [2.24, 2.45) is 23.0 Å². The van der Waals surface area contributed by atoms with E-state index in [0.717, 1.165) is 25.7 Å². The minimum atomic E-state index is -0.929. The number of carbonyl (C=O) groups is 1. The Morgan fingerprint density at radius 2 is 2.06 bits per heavy atom. The average molecular weight is 227 g/mol. The molecule has 2 rings (SSSR count). The van der Waals surface area contributed by atoms with Crippen molar-refractivity contribution in [3.05, 3.63) is 0 Å². The van der Waals surface area contributed by atoms with Gasteiger partial charge in [-0.2, -0.15) is 0 Å².